The summed E-state index contributed by atoms with van der Waals surface area (Å²) in [6.07, 6.45) is 14.3. The van der Waals surface area contributed by atoms with Gasteiger partial charge in [-0.25, -0.2) is 4.98 Å². The molecule has 2 aliphatic rings. The smallest absolute Gasteiger partial charge is 0.255 e. The van der Waals surface area contributed by atoms with Gasteiger partial charge in [0.1, 0.15) is 5.82 Å². The molecule has 0 radical (unpaired) electrons. The average molecular weight is 417 g/mol. The molecule has 0 saturated carbocycles. The zero-order chi connectivity index (χ0) is 21.0. The van der Waals surface area contributed by atoms with Crippen LogP contribution in [0.1, 0.15) is 47.1 Å². The molecule has 1 atom stereocenters. The number of likely N-dealkylation sites (tertiary alicyclic amines) is 1. The van der Waals surface area contributed by atoms with E-state index in [1.807, 2.05) is 41.7 Å². The van der Waals surface area contributed by atoms with Gasteiger partial charge >= 0.3 is 0 Å². The monoisotopic (exact) mass is 416 g/mol. The van der Waals surface area contributed by atoms with Crippen LogP contribution in [-0.2, 0) is 13.1 Å². The summed E-state index contributed by atoms with van der Waals surface area (Å²) in [4.78, 5) is 30.6. The molecule has 1 fully saturated rings. The Labute approximate surface area is 182 Å². The molecule has 7 nitrogen and oxygen atoms in total. The van der Waals surface area contributed by atoms with Crippen LogP contribution < -0.4 is 0 Å². The molecule has 3 aromatic heterocycles. The van der Waals surface area contributed by atoms with E-state index < -0.39 is 0 Å². The summed E-state index contributed by atoms with van der Waals surface area (Å²) in [7, 11) is 0. The van der Waals surface area contributed by atoms with Crippen LogP contribution in [0.25, 0.3) is 0 Å². The molecule has 2 aliphatic heterocycles. The molecule has 0 aliphatic carbocycles. The highest BCUT2D eigenvalue weighted by molar-refractivity contribution is 5.93. The Morgan fingerprint density at radius 2 is 1.77 bits per heavy atom. The van der Waals surface area contributed by atoms with Crippen molar-refractivity contribution in [3.8, 4) is 0 Å². The number of carbonyl (C=O) groups is 1. The van der Waals surface area contributed by atoms with E-state index in [0.29, 0.717) is 11.5 Å². The lowest BCUT2D eigenvalue weighted by atomic mass is 9.87. The maximum Gasteiger partial charge on any atom is 0.255 e. The standard InChI is InChI=1S/C24H28N6O/c31-24(21-5-2-9-26-17-21)29-13-6-20(7-14-29)22-23-27-10-15-28(23)11-3-12-30(22)18-19-4-1-8-25-16-19/h1-2,4-5,8-10,15-17,20,22H,3,6-7,11-14,18H2. The number of nitrogens with zero attached hydrogens (tertiary/aromatic N) is 6. The molecule has 5 heterocycles. The molecular formula is C24H28N6O. The number of hydrogen-bond acceptors (Lipinski definition) is 5. The first-order valence-electron chi connectivity index (χ1n) is 11.1. The van der Waals surface area contributed by atoms with E-state index in [0.717, 1.165) is 52.0 Å². The van der Waals surface area contributed by atoms with E-state index in [9.17, 15) is 4.79 Å². The number of piperidine rings is 1. The van der Waals surface area contributed by atoms with Gasteiger partial charge in [-0.3, -0.25) is 19.7 Å². The van der Waals surface area contributed by atoms with Gasteiger partial charge in [-0.05, 0) is 48.9 Å². The summed E-state index contributed by atoms with van der Waals surface area (Å²) in [6, 6.07) is 8.08. The fourth-order valence-corrected chi connectivity index (χ4v) is 5.03. The number of fused-ring (bicyclic) bond motifs is 1. The molecule has 3 aromatic rings. The first kappa shape index (κ1) is 19.9. The van der Waals surface area contributed by atoms with Crippen molar-refractivity contribution in [2.75, 3.05) is 19.6 Å². The molecule has 31 heavy (non-hydrogen) atoms. The highest BCUT2D eigenvalue weighted by atomic mass is 16.2. The van der Waals surface area contributed by atoms with Crippen molar-refractivity contribution in [2.24, 2.45) is 5.92 Å². The van der Waals surface area contributed by atoms with Gasteiger partial charge in [0.05, 0.1) is 11.6 Å². The Morgan fingerprint density at radius 3 is 2.52 bits per heavy atom. The Balaban J connectivity index is 1.34. The molecule has 160 valence electrons. The van der Waals surface area contributed by atoms with Crippen molar-refractivity contribution < 1.29 is 4.79 Å². The molecule has 0 spiro atoms. The molecule has 1 unspecified atom stereocenters. The highest BCUT2D eigenvalue weighted by Crippen LogP contribution is 2.37. The number of carbonyl (C=O) groups excluding carboxylic acids is 1. The summed E-state index contributed by atoms with van der Waals surface area (Å²) in [5, 5.41) is 0. The van der Waals surface area contributed by atoms with E-state index in [4.69, 9.17) is 4.98 Å². The van der Waals surface area contributed by atoms with Crippen LogP contribution in [0.15, 0.2) is 61.4 Å². The fourth-order valence-electron chi connectivity index (χ4n) is 5.03. The van der Waals surface area contributed by atoms with Crippen LogP contribution in [-0.4, -0.2) is 54.9 Å². The lowest BCUT2D eigenvalue weighted by molar-refractivity contribution is 0.0556. The third-order valence-corrected chi connectivity index (χ3v) is 6.54. The number of aromatic nitrogens is 4. The van der Waals surface area contributed by atoms with Gasteiger partial charge in [0.2, 0.25) is 0 Å². The van der Waals surface area contributed by atoms with Gasteiger partial charge < -0.3 is 9.47 Å². The van der Waals surface area contributed by atoms with Crippen molar-refractivity contribution in [1.29, 1.82) is 0 Å². The Kier molecular flexibility index (Phi) is 5.76. The predicted molar refractivity (Wildman–Crippen MR) is 117 cm³/mol. The molecule has 0 aromatic carbocycles. The van der Waals surface area contributed by atoms with Crippen LogP contribution in [0.2, 0.25) is 0 Å². The zero-order valence-corrected chi connectivity index (χ0v) is 17.7. The first-order chi connectivity index (χ1) is 15.3. The molecular weight excluding hydrogens is 388 g/mol. The summed E-state index contributed by atoms with van der Waals surface area (Å²) in [5.41, 5.74) is 1.90. The quantitative estimate of drug-likeness (QED) is 0.654. The van der Waals surface area contributed by atoms with Gasteiger partial charge in [0.25, 0.3) is 5.91 Å². The lowest BCUT2D eigenvalue weighted by Gasteiger charge is -2.40. The first-order valence-corrected chi connectivity index (χ1v) is 11.1. The van der Waals surface area contributed by atoms with Crippen LogP contribution in [0.3, 0.4) is 0 Å². The van der Waals surface area contributed by atoms with Gasteiger partial charge in [0.15, 0.2) is 0 Å². The summed E-state index contributed by atoms with van der Waals surface area (Å²) in [5.74, 6) is 1.72. The third-order valence-electron chi connectivity index (χ3n) is 6.54. The second-order valence-electron chi connectivity index (χ2n) is 8.48. The number of rotatable bonds is 4. The normalized spacial score (nSPS) is 20.3. The minimum Gasteiger partial charge on any atom is -0.339 e. The summed E-state index contributed by atoms with van der Waals surface area (Å²) in [6.45, 7) is 4.47. The number of amides is 1. The molecule has 0 bridgehead atoms. The second kappa shape index (κ2) is 8.98. The number of pyridine rings is 2. The SMILES string of the molecule is O=C(c1cccnc1)N1CCC(C2c3nccn3CCCN2Cc2cccnc2)CC1. The van der Waals surface area contributed by atoms with Gasteiger partial charge in [-0.15, -0.1) is 0 Å². The molecule has 1 saturated heterocycles. The Bertz CT molecular complexity index is 997. The molecule has 0 N–H and O–H groups in total. The maximum absolute atomic E-state index is 12.9. The summed E-state index contributed by atoms with van der Waals surface area (Å²) < 4.78 is 2.32. The van der Waals surface area contributed by atoms with Gasteiger partial charge in [0, 0.05) is 69.9 Å². The number of aryl methyl sites for hydroxylation is 1. The number of hydrogen-bond donors (Lipinski definition) is 0. The van der Waals surface area contributed by atoms with Crippen molar-refractivity contribution in [2.45, 2.75) is 38.4 Å². The van der Waals surface area contributed by atoms with Crippen molar-refractivity contribution in [1.82, 2.24) is 29.3 Å². The molecule has 1 amide bonds. The predicted octanol–water partition coefficient (Wildman–Crippen LogP) is 3.17. The minimum absolute atomic E-state index is 0.0844. The Morgan fingerprint density at radius 1 is 0.968 bits per heavy atom. The highest BCUT2D eigenvalue weighted by Gasteiger charge is 2.36. The largest absolute Gasteiger partial charge is 0.339 e. The third kappa shape index (κ3) is 4.23. The Hall–Kier alpha value is -3.06. The summed E-state index contributed by atoms with van der Waals surface area (Å²) >= 11 is 0. The fraction of sp³-hybridized carbons (Fsp3) is 0.417. The second-order valence-corrected chi connectivity index (χ2v) is 8.48. The van der Waals surface area contributed by atoms with Crippen LogP contribution in [0, 0.1) is 5.92 Å². The van der Waals surface area contributed by atoms with Crippen molar-refractivity contribution in [3.05, 3.63) is 78.4 Å². The topological polar surface area (TPSA) is 67.2 Å². The van der Waals surface area contributed by atoms with Gasteiger partial charge in [-0.2, -0.15) is 0 Å². The molecule has 5 rings (SSSR count). The average Bonchev–Trinajstić information content (AvgIpc) is 3.21. The van der Waals surface area contributed by atoms with E-state index in [1.54, 1.807) is 12.4 Å². The number of imidazole rings is 1. The van der Waals surface area contributed by atoms with Crippen molar-refractivity contribution >= 4 is 5.91 Å². The van der Waals surface area contributed by atoms with Crippen LogP contribution in [0.4, 0.5) is 0 Å². The van der Waals surface area contributed by atoms with Crippen molar-refractivity contribution in [3.63, 3.8) is 0 Å². The zero-order valence-electron chi connectivity index (χ0n) is 17.7. The van der Waals surface area contributed by atoms with E-state index in [-0.39, 0.29) is 11.9 Å². The lowest BCUT2D eigenvalue weighted by Crippen LogP contribution is -2.43. The minimum atomic E-state index is 0.0844. The molecule has 7 heteroatoms. The van der Waals surface area contributed by atoms with Gasteiger partial charge in [-0.1, -0.05) is 6.07 Å². The van der Waals surface area contributed by atoms with Crippen LogP contribution >= 0.6 is 0 Å². The van der Waals surface area contributed by atoms with E-state index in [2.05, 4.69) is 31.7 Å². The van der Waals surface area contributed by atoms with Crippen LogP contribution in [0.5, 0.6) is 0 Å². The van der Waals surface area contributed by atoms with E-state index >= 15 is 0 Å². The maximum atomic E-state index is 12.9. The van der Waals surface area contributed by atoms with E-state index in [1.165, 1.54) is 11.4 Å².